The molecule has 7 heteroatoms. The third-order valence-electron chi connectivity index (χ3n) is 2.63. The summed E-state index contributed by atoms with van der Waals surface area (Å²) < 4.78 is 5.08. The van der Waals surface area contributed by atoms with Crippen LogP contribution in [0.1, 0.15) is 26.3 Å². The molecule has 6 nitrogen and oxygen atoms in total. The van der Waals surface area contributed by atoms with Crippen LogP contribution < -0.4 is 5.32 Å². The van der Waals surface area contributed by atoms with Crippen LogP contribution in [0.3, 0.4) is 0 Å². The number of aliphatic hydroxyl groups excluding tert-OH is 1. The lowest BCUT2D eigenvalue weighted by Crippen LogP contribution is -2.49. The molecule has 1 amide bonds. The van der Waals surface area contributed by atoms with Crippen LogP contribution in [0.25, 0.3) is 0 Å². The summed E-state index contributed by atoms with van der Waals surface area (Å²) in [7, 11) is 0. The molecule has 0 fully saturated rings. The highest BCUT2D eigenvalue weighted by molar-refractivity contribution is 5.85. The Bertz CT molecular complexity index is 486. The van der Waals surface area contributed by atoms with Crippen LogP contribution in [0.4, 0.5) is 4.79 Å². The first-order valence-corrected chi connectivity index (χ1v) is 6.63. The first kappa shape index (κ1) is 20.2. The van der Waals surface area contributed by atoms with Crippen molar-refractivity contribution in [2.24, 2.45) is 0 Å². The summed E-state index contributed by atoms with van der Waals surface area (Å²) in [6.45, 7) is 5.10. The first-order chi connectivity index (χ1) is 9.69. The number of benzene rings is 1. The lowest BCUT2D eigenvalue weighted by Gasteiger charge is -2.25. The molecular weight excluding hydrogens is 310 g/mol. The maximum atomic E-state index is 11.7. The van der Waals surface area contributed by atoms with E-state index < -0.39 is 29.8 Å². The van der Waals surface area contributed by atoms with E-state index >= 15 is 0 Å². The van der Waals surface area contributed by atoms with Crippen molar-refractivity contribution in [1.29, 1.82) is 0 Å². The fourth-order valence-corrected chi connectivity index (χ4v) is 1.74. The second-order valence-electron chi connectivity index (χ2n) is 5.73. The van der Waals surface area contributed by atoms with Gasteiger partial charge in [-0.1, -0.05) is 30.3 Å². The molecule has 1 aromatic carbocycles. The van der Waals surface area contributed by atoms with Gasteiger partial charge in [-0.2, -0.15) is 0 Å². The Hall–Kier alpha value is -1.79. The average molecular weight is 332 g/mol. The predicted molar refractivity (Wildman–Crippen MR) is 84.2 cm³/mol. The van der Waals surface area contributed by atoms with Crippen LogP contribution in [0, 0.1) is 0 Å². The normalized spacial score (nSPS) is 13.5. The molecule has 22 heavy (non-hydrogen) atoms. The summed E-state index contributed by atoms with van der Waals surface area (Å²) in [6.07, 6.45) is -2.28. The van der Waals surface area contributed by atoms with E-state index in [-0.39, 0.29) is 18.8 Å². The van der Waals surface area contributed by atoms with Gasteiger partial charge in [0.05, 0.1) is 6.04 Å². The van der Waals surface area contributed by atoms with E-state index in [2.05, 4.69) is 5.32 Å². The van der Waals surface area contributed by atoms with Crippen LogP contribution >= 0.6 is 12.4 Å². The maximum Gasteiger partial charge on any atom is 0.407 e. The van der Waals surface area contributed by atoms with E-state index in [0.29, 0.717) is 0 Å². The van der Waals surface area contributed by atoms with Gasteiger partial charge in [0.2, 0.25) is 0 Å². The van der Waals surface area contributed by atoms with Gasteiger partial charge in [0, 0.05) is 0 Å². The zero-order chi connectivity index (χ0) is 16.0. The molecule has 3 N–H and O–H groups in total. The van der Waals surface area contributed by atoms with Crippen molar-refractivity contribution in [3.8, 4) is 0 Å². The number of alkyl carbamates (subject to hydrolysis) is 1. The third kappa shape index (κ3) is 7.28. The topological polar surface area (TPSA) is 95.9 Å². The zero-order valence-electron chi connectivity index (χ0n) is 12.8. The number of hydrogen-bond donors (Lipinski definition) is 3. The molecule has 0 heterocycles. The van der Waals surface area contributed by atoms with Gasteiger partial charge in [-0.3, -0.25) is 0 Å². The van der Waals surface area contributed by atoms with Crippen molar-refractivity contribution in [2.75, 3.05) is 0 Å². The first-order valence-electron chi connectivity index (χ1n) is 6.63. The summed E-state index contributed by atoms with van der Waals surface area (Å²) in [5.41, 5.74) is 0.106. The number of amides is 1. The third-order valence-corrected chi connectivity index (χ3v) is 2.63. The zero-order valence-corrected chi connectivity index (χ0v) is 13.6. The smallest absolute Gasteiger partial charge is 0.407 e. The minimum absolute atomic E-state index is 0. The van der Waals surface area contributed by atoms with E-state index in [1.807, 2.05) is 6.07 Å². The Morgan fingerprint density at radius 1 is 1.23 bits per heavy atom. The highest BCUT2D eigenvalue weighted by Gasteiger charge is 2.29. The number of rotatable bonds is 5. The summed E-state index contributed by atoms with van der Waals surface area (Å²) in [5.74, 6) is -1.40. The number of carbonyl (C=O) groups is 2. The number of nitrogens with one attached hydrogen (secondary N) is 1. The molecule has 124 valence electrons. The SMILES string of the molecule is CC(C)(C)OC(=O)N[C@@H](Cc1ccccc1)[C@H](O)C(=O)O.Cl. The van der Waals surface area contributed by atoms with E-state index in [1.165, 1.54) is 0 Å². The molecule has 0 aromatic heterocycles. The minimum Gasteiger partial charge on any atom is -0.479 e. The number of carboxylic acid groups (broad SMARTS) is 1. The number of aliphatic carboxylic acids is 1. The van der Waals surface area contributed by atoms with Gasteiger partial charge >= 0.3 is 12.1 Å². The van der Waals surface area contributed by atoms with Crippen molar-refractivity contribution in [2.45, 2.75) is 44.9 Å². The highest BCUT2D eigenvalue weighted by atomic mass is 35.5. The fraction of sp³-hybridized carbons (Fsp3) is 0.467. The number of carboxylic acids is 1. The van der Waals surface area contributed by atoms with Crippen LogP contribution in [0.15, 0.2) is 30.3 Å². The summed E-state index contributed by atoms with van der Waals surface area (Å²) >= 11 is 0. The molecule has 0 saturated carbocycles. The molecule has 1 aromatic rings. The fourth-order valence-electron chi connectivity index (χ4n) is 1.74. The van der Waals surface area contributed by atoms with Crippen LogP contribution in [0.5, 0.6) is 0 Å². The van der Waals surface area contributed by atoms with Gasteiger partial charge in [-0.05, 0) is 32.8 Å². The van der Waals surface area contributed by atoms with Crippen molar-refractivity contribution in [3.05, 3.63) is 35.9 Å². The molecule has 0 aliphatic rings. The predicted octanol–water partition coefficient (Wildman–Crippen LogP) is 1.99. The number of ether oxygens (including phenoxy) is 1. The molecule has 0 bridgehead atoms. The van der Waals surface area contributed by atoms with Gasteiger partial charge in [-0.15, -0.1) is 12.4 Å². The van der Waals surface area contributed by atoms with Crippen molar-refractivity contribution in [1.82, 2.24) is 5.32 Å². The molecule has 0 radical (unpaired) electrons. The summed E-state index contributed by atoms with van der Waals surface area (Å²) in [5, 5.41) is 21.1. The van der Waals surface area contributed by atoms with Gasteiger partial charge in [0.25, 0.3) is 0 Å². The Labute approximate surface area is 135 Å². The molecule has 2 atom stereocenters. The van der Waals surface area contributed by atoms with Crippen LogP contribution in [-0.4, -0.2) is 40.0 Å². The average Bonchev–Trinajstić information content (AvgIpc) is 2.36. The van der Waals surface area contributed by atoms with Crippen LogP contribution in [-0.2, 0) is 16.0 Å². The molecular formula is C15H22ClNO5. The maximum absolute atomic E-state index is 11.7. The summed E-state index contributed by atoms with van der Waals surface area (Å²) in [4.78, 5) is 22.7. The molecule has 0 unspecified atom stereocenters. The Morgan fingerprint density at radius 3 is 2.23 bits per heavy atom. The Kier molecular flexibility index (Phi) is 7.90. The number of aliphatic hydroxyl groups is 1. The number of carbonyl (C=O) groups excluding carboxylic acids is 1. The molecule has 0 saturated heterocycles. The van der Waals surface area contributed by atoms with Crippen molar-refractivity contribution < 1.29 is 24.5 Å². The monoisotopic (exact) mass is 331 g/mol. The van der Waals surface area contributed by atoms with E-state index in [1.54, 1.807) is 45.0 Å². The van der Waals surface area contributed by atoms with Crippen molar-refractivity contribution >= 4 is 24.5 Å². The quantitative estimate of drug-likeness (QED) is 0.766. The standard InChI is InChI=1S/C15H21NO5.ClH/c1-15(2,3)21-14(20)16-11(12(17)13(18)19)9-10-7-5-4-6-8-10;/h4-8,11-12,17H,9H2,1-3H3,(H,16,20)(H,18,19);1H/t11-,12-;/m0./s1. The van der Waals surface area contributed by atoms with E-state index in [9.17, 15) is 14.7 Å². The molecule has 1 rings (SSSR count). The number of hydrogen-bond acceptors (Lipinski definition) is 4. The van der Waals surface area contributed by atoms with Crippen LogP contribution in [0.2, 0.25) is 0 Å². The van der Waals surface area contributed by atoms with E-state index in [4.69, 9.17) is 9.84 Å². The van der Waals surface area contributed by atoms with Gasteiger partial charge in [0.15, 0.2) is 6.10 Å². The lowest BCUT2D eigenvalue weighted by molar-refractivity contribution is -0.148. The largest absolute Gasteiger partial charge is 0.479 e. The lowest BCUT2D eigenvalue weighted by atomic mass is 10.0. The van der Waals surface area contributed by atoms with Gasteiger partial charge in [0.1, 0.15) is 5.60 Å². The second-order valence-corrected chi connectivity index (χ2v) is 5.73. The highest BCUT2D eigenvalue weighted by Crippen LogP contribution is 2.10. The number of halogens is 1. The molecule has 0 aliphatic heterocycles. The molecule has 0 aliphatic carbocycles. The van der Waals surface area contributed by atoms with Gasteiger partial charge in [-0.25, -0.2) is 9.59 Å². The van der Waals surface area contributed by atoms with Gasteiger partial charge < -0.3 is 20.3 Å². The Balaban J connectivity index is 0.00000441. The van der Waals surface area contributed by atoms with Crippen molar-refractivity contribution in [3.63, 3.8) is 0 Å². The van der Waals surface area contributed by atoms with E-state index in [0.717, 1.165) is 5.56 Å². The second kappa shape index (κ2) is 8.60. The Morgan fingerprint density at radius 2 is 1.77 bits per heavy atom. The minimum atomic E-state index is -1.71. The molecule has 0 spiro atoms. The summed E-state index contributed by atoms with van der Waals surface area (Å²) in [6, 6.07) is 8.03.